The normalized spacial score (nSPS) is 6.17. The van der Waals surface area contributed by atoms with Crippen LogP contribution in [0.3, 0.4) is 0 Å². The molecule has 0 fully saturated rings. The number of hydrogen-bond donors (Lipinski definition) is 1. The van der Waals surface area contributed by atoms with Gasteiger partial charge in [-0.15, -0.1) is 0 Å². The van der Waals surface area contributed by atoms with Gasteiger partial charge in [0.15, 0.2) is 0 Å². The number of carboxylic acid groups (broad SMARTS) is 1. The van der Waals surface area contributed by atoms with Crippen molar-refractivity contribution >= 4 is 55.9 Å². The molecule has 4 heteroatoms. The van der Waals surface area contributed by atoms with Gasteiger partial charge in [0.1, 0.15) is 0 Å². The number of rotatable bonds is 1. The van der Waals surface area contributed by atoms with Crippen molar-refractivity contribution in [2.75, 3.05) is 4.43 Å². The van der Waals surface area contributed by atoms with Gasteiger partial charge in [-0.3, -0.25) is 4.79 Å². The van der Waals surface area contributed by atoms with Crippen LogP contribution in [0, 0.1) is 0 Å². The van der Waals surface area contributed by atoms with Gasteiger partial charge in [0.05, 0.1) is 4.43 Å². The molecule has 6 heavy (non-hydrogen) atoms. The van der Waals surface area contributed by atoms with E-state index in [9.17, 15) is 4.79 Å². The van der Waals surface area contributed by atoms with Crippen LogP contribution in [0.1, 0.15) is 0 Å². The third kappa shape index (κ3) is 8.93. The molecular weight excluding hydrogens is 390 g/mol. The Kier molecular flexibility index (Phi) is 10.4. The summed E-state index contributed by atoms with van der Waals surface area (Å²) in [6.45, 7) is 0. The fourth-order valence-corrected chi connectivity index (χ4v) is 0. The molecule has 0 rings (SSSR count). The van der Waals surface area contributed by atoms with E-state index in [0.717, 1.165) is 0 Å². The van der Waals surface area contributed by atoms with E-state index in [1.807, 2.05) is 0 Å². The SMILES string of the molecule is O=C(O)CI.[PbH2]. The van der Waals surface area contributed by atoms with Crippen molar-refractivity contribution in [1.29, 1.82) is 0 Å². The summed E-state index contributed by atoms with van der Waals surface area (Å²) < 4.78 is 0.192. The first-order chi connectivity index (χ1) is 2.27. The molecule has 0 amide bonds. The molecule has 0 aliphatic heterocycles. The second kappa shape index (κ2) is 6.12. The van der Waals surface area contributed by atoms with Crippen molar-refractivity contribution in [2.45, 2.75) is 0 Å². The first kappa shape index (κ1) is 10.2. The maximum atomic E-state index is 9.36. The summed E-state index contributed by atoms with van der Waals surface area (Å²) in [5, 5.41) is 7.71. The van der Waals surface area contributed by atoms with E-state index in [2.05, 4.69) is 0 Å². The monoisotopic (exact) mass is 396 g/mol. The third-order valence-electron chi connectivity index (χ3n) is 0.114. The number of hydrogen-bond acceptors (Lipinski definition) is 1. The quantitative estimate of drug-likeness (QED) is 0.373. The van der Waals surface area contributed by atoms with E-state index in [1.54, 1.807) is 22.6 Å². The second-order valence-corrected chi connectivity index (χ2v) is 1.29. The van der Waals surface area contributed by atoms with Gasteiger partial charge in [-0.05, 0) is 0 Å². The van der Waals surface area contributed by atoms with Crippen molar-refractivity contribution in [2.24, 2.45) is 0 Å². The summed E-state index contributed by atoms with van der Waals surface area (Å²) in [4.78, 5) is 9.36. The van der Waals surface area contributed by atoms with Crippen LogP contribution < -0.4 is 0 Å². The molecule has 0 unspecified atom stereocenters. The molecule has 0 spiro atoms. The minimum atomic E-state index is -0.759. The van der Waals surface area contributed by atoms with Crippen LogP contribution in [0.2, 0.25) is 0 Å². The van der Waals surface area contributed by atoms with E-state index in [1.165, 1.54) is 0 Å². The topological polar surface area (TPSA) is 37.3 Å². The molecule has 0 aromatic carbocycles. The molecule has 0 aliphatic carbocycles. The van der Waals surface area contributed by atoms with Crippen molar-refractivity contribution in [3.05, 3.63) is 0 Å². The summed E-state index contributed by atoms with van der Waals surface area (Å²) in [5.74, 6) is -0.759. The van der Waals surface area contributed by atoms with Crippen LogP contribution in [0.25, 0.3) is 0 Å². The Hall–Kier alpha value is 1.12. The van der Waals surface area contributed by atoms with Crippen LogP contribution in [-0.2, 0) is 4.79 Å². The predicted molar refractivity (Wildman–Crippen MR) is 35.1 cm³/mol. The second-order valence-electron chi connectivity index (χ2n) is 0.527. The molecule has 0 saturated carbocycles. The van der Waals surface area contributed by atoms with E-state index in [-0.39, 0.29) is 31.7 Å². The third-order valence-corrected chi connectivity index (χ3v) is 0.767. The Morgan fingerprint density at radius 1 is 1.83 bits per heavy atom. The minimum absolute atomic E-state index is 0. The van der Waals surface area contributed by atoms with E-state index in [4.69, 9.17) is 5.11 Å². The fraction of sp³-hybridized carbons (Fsp3) is 0.500. The summed E-state index contributed by atoms with van der Waals surface area (Å²) in [5.41, 5.74) is 0. The molecule has 0 aromatic rings. The molecule has 0 heterocycles. The van der Waals surface area contributed by atoms with Gasteiger partial charge in [-0.1, -0.05) is 22.6 Å². The summed E-state index contributed by atoms with van der Waals surface area (Å²) in [6.07, 6.45) is 0. The van der Waals surface area contributed by atoms with Gasteiger partial charge in [-0.25, -0.2) is 0 Å². The van der Waals surface area contributed by atoms with Gasteiger partial charge in [0.25, 0.3) is 0 Å². The molecular formula is C2H5IO2Pb. The standard InChI is InChI=1S/C2H3IO2.Pb.2H/c3-1-2(4)5;;;/h1H2,(H,4,5);;;. The van der Waals surface area contributed by atoms with Gasteiger partial charge in [0, 0.05) is 0 Å². The zero-order chi connectivity index (χ0) is 4.28. The van der Waals surface area contributed by atoms with Crippen molar-refractivity contribution in [1.82, 2.24) is 0 Å². The molecule has 1 N–H and O–H groups in total. The summed E-state index contributed by atoms with van der Waals surface area (Å²) in [6, 6.07) is 0. The Balaban J connectivity index is 0. The molecule has 0 atom stereocenters. The van der Waals surface area contributed by atoms with Crippen molar-refractivity contribution in [3.8, 4) is 0 Å². The molecule has 2 radical (unpaired) electrons. The van der Waals surface area contributed by atoms with Gasteiger partial charge < -0.3 is 5.11 Å². The van der Waals surface area contributed by atoms with E-state index < -0.39 is 5.97 Å². The fourth-order valence-electron chi connectivity index (χ4n) is 0. The maximum absolute atomic E-state index is 9.36. The number of halogens is 1. The van der Waals surface area contributed by atoms with Crippen LogP contribution in [0.4, 0.5) is 0 Å². The van der Waals surface area contributed by atoms with Crippen molar-refractivity contribution in [3.63, 3.8) is 0 Å². The molecule has 0 bridgehead atoms. The summed E-state index contributed by atoms with van der Waals surface area (Å²) >= 11 is 1.78. The Morgan fingerprint density at radius 3 is 2.00 bits per heavy atom. The zero-order valence-electron chi connectivity index (χ0n) is 3.15. The Morgan fingerprint density at radius 2 is 2.00 bits per heavy atom. The number of alkyl halides is 1. The van der Waals surface area contributed by atoms with Crippen LogP contribution in [0.5, 0.6) is 0 Å². The molecule has 36 valence electrons. The number of carboxylic acids is 1. The molecule has 0 saturated heterocycles. The summed E-state index contributed by atoms with van der Waals surface area (Å²) in [7, 11) is 0. The van der Waals surface area contributed by atoms with Crippen LogP contribution in [0.15, 0.2) is 0 Å². The average molecular weight is 395 g/mol. The van der Waals surface area contributed by atoms with E-state index in [0.29, 0.717) is 0 Å². The number of carbonyl (C=O) groups is 1. The zero-order valence-corrected chi connectivity index (χ0v) is 10.8. The van der Waals surface area contributed by atoms with E-state index >= 15 is 0 Å². The van der Waals surface area contributed by atoms with Gasteiger partial charge in [-0.2, -0.15) is 0 Å². The van der Waals surface area contributed by atoms with Gasteiger partial charge >= 0.3 is 33.3 Å². The first-order valence-corrected chi connectivity index (χ1v) is 2.57. The average Bonchev–Trinajstić information content (AvgIpc) is 1.38. The number of aliphatic carboxylic acids is 1. The molecule has 0 aromatic heterocycles. The van der Waals surface area contributed by atoms with Crippen molar-refractivity contribution < 1.29 is 9.90 Å². The predicted octanol–water partition coefficient (Wildman–Crippen LogP) is -0.410. The van der Waals surface area contributed by atoms with Crippen LogP contribution >= 0.6 is 22.6 Å². The van der Waals surface area contributed by atoms with Gasteiger partial charge in [0.2, 0.25) is 0 Å². The van der Waals surface area contributed by atoms with Crippen LogP contribution in [-0.4, -0.2) is 42.8 Å². The first-order valence-electron chi connectivity index (χ1n) is 1.05. The Bertz CT molecular complexity index is 46.8. The molecule has 2 nitrogen and oxygen atoms in total. The molecule has 0 aliphatic rings. The Labute approximate surface area is 69.6 Å².